The van der Waals surface area contributed by atoms with Crippen LogP contribution in [0.1, 0.15) is 12.5 Å². The average molecular weight is 401 g/mol. The van der Waals surface area contributed by atoms with Gasteiger partial charge in [0.25, 0.3) is 11.8 Å². The van der Waals surface area contributed by atoms with Gasteiger partial charge in [-0.1, -0.05) is 59.8 Å². The number of para-hydroxylation sites is 1. The molecule has 2 aliphatic heterocycles. The quantitative estimate of drug-likeness (QED) is 0.550. The maximum atomic E-state index is 13.1. The van der Waals surface area contributed by atoms with E-state index in [-0.39, 0.29) is 11.8 Å². The lowest BCUT2D eigenvalue weighted by atomic mass is 10.1. The Morgan fingerprint density at radius 2 is 1.85 bits per heavy atom. The highest BCUT2D eigenvalue weighted by molar-refractivity contribution is 8.27. The summed E-state index contributed by atoms with van der Waals surface area (Å²) in [5.74, 6) is -0.460. The van der Waals surface area contributed by atoms with Gasteiger partial charge in [0.1, 0.15) is 0 Å². The SMILES string of the molecule is CCN1C(=O)C(=C2SC(=S)N(c3cccc(Cl)c3)C2=O)c2ccccc21. The third kappa shape index (κ3) is 2.57. The summed E-state index contributed by atoms with van der Waals surface area (Å²) in [5.41, 5.74) is 2.61. The molecule has 0 unspecified atom stereocenters. The molecule has 1 saturated heterocycles. The van der Waals surface area contributed by atoms with Crippen molar-refractivity contribution < 1.29 is 9.59 Å². The minimum atomic E-state index is -0.293. The largest absolute Gasteiger partial charge is 0.308 e. The van der Waals surface area contributed by atoms with Crippen LogP contribution in [-0.2, 0) is 9.59 Å². The lowest BCUT2D eigenvalue weighted by Gasteiger charge is -2.15. The minimum Gasteiger partial charge on any atom is -0.308 e. The van der Waals surface area contributed by atoms with Crippen LogP contribution in [0.4, 0.5) is 11.4 Å². The normalized spacial score (nSPS) is 19.5. The van der Waals surface area contributed by atoms with Crippen molar-refractivity contribution in [3.8, 4) is 0 Å². The highest BCUT2D eigenvalue weighted by atomic mass is 35.5. The van der Waals surface area contributed by atoms with Gasteiger partial charge >= 0.3 is 0 Å². The maximum absolute atomic E-state index is 13.1. The smallest absolute Gasteiger partial charge is 0.271 e. The van der Waals surface area contributed by atoms with Gasteiger partial charge in [0.15, 0.2) is 4.32 Å². The van der Waals surface area contributed by atoms with Crippen LogP contribution < -0.4 is 9.80 Å². The molecule has 4 nitrogen and oxygen atoms in total. The topological polar surface area (TPSA) is 40.6 Å². The van der Waals surface area contributed by atoms with E-state index in [2.05, 4.69) is 0 Å². The van der Waals surface area contributed by atoms with E-state index in [1.54, 1.807) is 29.2 Å². The Balaban J connectivity index is 1.85. The fourth-order valence-electron chi connectivity index (χ4n) is 3.17. The number of rotatable bonds is 2. The van der Waals surface area contributed by atoms with Crippen molar-refractivity contribution in [2.45, 2.75) is 6.92 Å². The lowest BCUT2D eigenvalue weighted by molar-refractivity contribution is -0.115. The van der Waals surface area contributed by atoms with Gasteiger partial charge in [-0.3, -0.25) is 14.5 Å². The molecule has 2 heterocycles. The standard InChI is InChI=1S/C19H13ClN2O2S2/c1-2-21-14-9-4-3-8-13(14)15(17(21)23)16-18(24)22(19(25)26-16)12-7-5-6-11(20)10-12/h3-10H,2H2,1H3. The molecule has 4 rings (SSSR count). The third-order valence-electron chi connectivity index (χ3n) is 4.30. The molecule has 2 amide bonds. The first-order valence-electron chi connectivity index (χ1n) is 8.00. The zero-order chi connectivity index (χ0) is 18.4. The number of thioether (sulfide) groups is 1. The van der Waals surface area contributed by atoms with E-state index in [1.165, 1.54) is 4.90 Å². The van der Waals surface area contributed by atoms with Crippen molar-refractivity contribution in [1.82, 2.24) is 0 Å². The summed E-state index contributed by atoms with van der Waals surface area (Å²) < 4.78 is 0.389. The number of carbonyl (C=O) groups excluding carboxylic acids is 2. The van der Waals surface area contributed by atoms with Gasteiger partial charge in [-0.05, 0) is 31.2 Å². The Morgan fingerprint density at radius 1 is 1.08 bits per heavy atom. The fraction of sp³-hybridized carbons (Fsp3) is 0.105. The van der Waals surface area contributed by atoms with Gasteiger partial charge in [-0.15, -0.1) is 0 Å². The van der Waals surface area contributed by atoms with E-state index in [1.807, 2.05) is 31.2 Å². The molecule has 0 spiro atoms. The van der Waals surface area contributed by atoms with E-state index < -0.39 is 0 Å². The number of benzene rings is 2. The van der Waals surface area contributed by atoms with Gasteiger partial charge in [0.05, 0.1) is 21.9 Å². The van der Waals surface area contributed by atoms with Gasteiger partial charge < -0.3 is 4.90 Å². The molecule has 0 radical (unpaired) electrons. The summed E-state index contributed by atoms with van der Waals surface area (Å²) in [4.78, 5) is 29.5. The number of hydrogen-bond acceptors (Lipinski definition) is 4. The minimum absolute atomic E-state index is 0.166. The van der Waals surface area contributed by atoms with Gasteiger partial charge in [-0.25, -0.2) is 0 Å². The number of amides is 2. The van der Waals surface area contributed by atoms with Gasteiger partial charge in [0.2, 0.25) is 0 Å². The second kappa shape index (κ2) is 6.54. The molecule has 0 aromatic heterocycles. The summed E-state index contributed by atoms with van der Waals surface area (Å²) in [7, 11) is 0. The van der Waals surface area contributed by atoms with E-state index in [9.17, 15) is 9.59 Å². The summed E-state index contributed by atoms with van der Waals surface area (Å²) in [6.45, 7) is 2.45. The number of likely N-dealkylation sites (N-methyl/N-ethyl adjacent to an activating group) is 1. The fourth-order valence-corrected chi connectivity index (χ4v) is 4.73. The van der Waals surface area contributed by atoms with E-state index in [4.69, 9.17) is 23.8 Å². The van der Waals surface area contributed by atoms with E-state index in [0.29, 0.717) is 32.1 Å². The first kappa shape index (κ1) is 17.3. The molecule has 2 aliphatic rings. The first-order chi connectivity index (χ1) is 12.5. The van der Waals surface area contributed by atoms with Crippen LogP contribution in [0.2, 0.25) is 5.02 Å². The maximum Gasteiger partial charge on any atom is 0.271 e. The molecular formula is C19H13ClN2O2S2. The molecule has 2 aromatic carbocycles. The molecule has 0 atom stereocenters. The molecular weight excluding hydrogens is 388 g/mol. The molecule has 26 heavy (non-hydrogen) atoms. The van der Waals surface area contributed by atoms with Crippen molar-refractivity contribution in [3.05, 3.63) is 64.0 Å². The third-order valence-corrected chi connectivity index (χ3v) is 5.91. The van der Waals surface area contributed by atoms with Crippen LogP contribution in [-0.4, -0.2) is 22.7 Å². The van der Waals surface area contributed by atoms with Crippen molar-refractivity contribution in [1.29, 1.82) is 0 Å². The molecule has 130 valence electrons. The Bertz CT molecular complexity index is 1000. The molecule has 7 heteroatoms. The summed E-state index contributed by atoms with van der Waals surface area (Å²) in [5, 5.41) is 0.517. The van der Waals surface area contributed by atoms with Crippen molar-refractivity contribution in [2.24, 2.45) is 0 Å². The lowest BCUT2D eigenvalue weighted by Crippen LogP contribution is -2.29. The molecule has 0 saturated carbocycles. The molecule has 0 N–H and O–H groups in total. The summed E-state index contributed by atoms with van der Waals surface area (Å²) >= 11 is 12.6. The highest BCUT2D eigenvalue weighted by Crippen LogP contribution is 2.45. The zero-order valence-corrected chi connectivity index (χ0v) is 16.1. The van der Waals surface area contributed by atoms with E-state index >= 15 is 0 Å². The summed E-state index contributed by atoms with van der Waals surface area (Å²) in [6.07, 6.45) is 0. The molecule has 1 fully saturated rings. The number of fused-ring (bicyclic) bond motifs is 1. The predicted molar refractivity (Wildman–Crippen MR) is 111 cm³/mol. The Kier molecular flexibility index (Phi) is 4.34. The molecule has 2 aromatic rings. The number of carbonyl (C=O) groups is 2. The van der Waals surface area contributed by atoms with Crippen LogP contribution in [0.15, 0.2) is 53.4 Å². The number of nitrogens with zero attached hydrogens (tertiary/aromatic N) is 2. The Hall–Kier alpha value is -2.15. The first-order valence-corrected chi connectivity index (χ1v) is 9.60. The number of hydrogen-bond donors (Lipinski definition) is 0. The van der Waals surface area contributed by atoms with Gasteiger partial charge in [0, 0.05) is 17.1 Å². The molecule has 0 aliphatic carbocycles. The zero-order valence-electron chi connectivity index (χ0n) is 13.7. The predicted octanol–water partition coefficient (Wildman–Crippen LogP) is 4.48. The van der Waals surface area contributed by atoms with Crippen molar-refractivity contribution in [2.75, 3.05) is 16.3 Å². The Morgan fingerprint density at radius 3 is 2.58 bits per heavy atom. The van der Waals surface area contributed by atoms with Crippen molar-refractivity contribution in [3.63, 3.8) is 0 Å². The van der Waals surface area contributed by atoms with Crippen LogP contribution in [0.3, 0.4) is 0 Å². The number of halogens is 1. The number of anilines is 2. The molecule has 0 bridgehead atoms. The second-order valence-electron chi connectivity index (χ2n) is 5.76. The van der Waals surface area contributed by atoms with Crippen LogP contribution >= 0.6 is 35.6 Å². The van der Waals surface area contributed by atoms with Crippen LogP contribution in [0.5, 0.6) is 0 Å². The van der Waals surface area contributed by atoms with Crippen LogP contribution in [0.25, 0.3) is 5.57 Å². The monoisotopic (exact) mass is 400 g/mol. The van der Waals surface area contributed by atoms with Gasteiger partial charge in [-0.2, -0.15) is 0 Å². The van der Waals surface area contributed by atoms with Crippen LogP contribution in [0, 0.1) is 0 Å². The summed E-state index contributed by atoms with van der Waals surface area (Å²) in [6, 6.07) is 14.5. The highest BCUT2D eigenvalue weighted by Gasteiger charge is 2.42. The Labute approximate surface area is 165 Å². The second-order valence-corrected chi connectivity index (χ2v) is 7.84. The number of thiocarbonyl (C=S) groups is 1. The average Bonchev–Trinajstić information content (AvgIpc) is 3.07. The van der Waals surface area contributed by atoms with Crippen molar-refractivity contribution >= 4 is 68.7 Å². The van der Waals surface area contributed by atoms with E-state index in [0.717, 1.165) is 23.0 Å².